The highest BCUT2D eigenvalue weighted by atomic mass is 35.5. The lowest BCUT2D eigenvalue weighted by Crippen LogP contribution is -2.30. The predicted octanol–water partition coefficient (Wildman–Crippen LogP) is 5.67. The summed E-state index contributed by atoms with van der Waals surface area (Å²) in [5.41, 5.74) is 4.62. The van der Waals surface area contributed by atoms with E-state index in [4.69, 9.17) is 27.9 Å². The molecule has 0 unspecified atom stereocenters. The number of imide groups is 1. The molecule has 1 aliphatic rings. The molecule has 3 aromatic rings. The number of hydrogen-bond donors (Lipinski definition) is 1. The maximum atomic E-state index is 13.0. The van der Waals surface area contributed by atoms with Crippen molar-refractivity contribution in [2.45, 2.75) is 27.3 Å². The fraction of sp³-hybridized carbons (Fsp3) is 0.192. The number of urea groups is 1. The summed E-state index contributed by atoms with van der Waals surface area (Å²) < 4.78 is 7.08. The Morgan fingerprint density at radius 2 is 1.83 bits per heavy atom. The quantitative estimate of drug-likeness (QED) is 0.262. The second-order valence-electron chi connectivity index (χ2n) is 8.06. The number of ether oxygens (including phenoxy) is 1. The van der Waals surface area contributed by atoms with E-state index in [-0.39, 0.29) is 18.2 Å². The number of rotatable bonds is 6. The number of aromatic nitrogens is 1. The minimum absolute atomic E-state index is 0.0680. The number of halogens is 2. The van der Waals surface area contributed by atoms with E-state index in [9.17, 15) is 14.4 Å². The summed E-state index contributed by atoms with van der Waals surface area (Å²) in [5, 5.41) is 3.40. The van der Waals surface area contributed by atoms with E-state index in [1.807, 2.05) is 30.5 Å². The molecule has 1 aliphatic heterocycles. The molecule has 2 heterocycles. The van der Waals surface area contributed by atoms with Crippen molar-refractivity contribution in [1.29, 1.82) is 0 Å². The van der Waals surface area contributed by atoms with E-state index in [1.165, 1.54) is 0 Å². The van der Waals surface area contributed by atoms with Gasteiger partial charge in [0.2, 0.25) is 0 Å². The van der Waals surface area contributed by atoms with Crippen molar-refractivity contribution < 1.29 is 19.1 Å². The van der Waals surface area contributed by atoms with Crippen molar-refractivity contribution in [1.82, 2.24) is 14.8 Å². The Balaban J connectivity index is 1.61. The highest BCUT2D eigenvalue weighted by Gasteiger charge is 2.34. The molecule has 0 spiro atoms. The van der Waals surface area contributed by atoms with Gasteiger partial charge in [-0.25, -0.2) is 9.59 Å². The van der Waals surface area contributed by atoms with E-state index in [0.29, 0.717) is 27.8 Å². The monoisotopic (exact) mass is 511 g/mol. The van der Waals surface area contributed by atoms with Crippen LogP contribution >= 0.6 is 23.2 Å². The zero-order valence-electron chi connectivity index (χ0n) is 19.4. The molecule has 0 bridgehead atoms. The average molecular weight is 512 g/mol. The molecule has 3 amide bonds. The molecular weight excluding hydrogens is 489 g/mol. The van der Waals surface area contributed by atoms with Crippen LogP contribution in [0.5, 0.6) is 0 Å². The molecule has 2 aromatic carbocycles. The molecule has 0 radical (unpaired) electrons. The van der Waals surface area contributed by atoms with Crippen LogP contribution in [0.4, 0.5) is 4.79 Å². The molecule has 9 heteroatoms. The van der Waals surface area contributed by atoms with Crippen LogP contribution in [-0.4, -0.2) is 34.0 Å². The molecule has 0 aliphatic carbocycles. The Hall–Kier alpha value is -3.55. The minimum atomic E-state index is -0.511. The number of esters is 1. The van der Waals surface area contributed by atoms with Crippen molar-refractivity contribution in [2.75, 3.05) is 6.61 Å². The van der Waals surface area contributed by atoms with Gasteiger partial charge < -0.3 is 14.6 Å². The average Bonchev–Trinajstić information content (AvgIpc) is 3.25. The van der Waals surface area contributed by atoms with Crippen LogP contribution in [0, 0.1) is 13.8 Å². The Bertz CT molecular complexity index is 1380. The lowest BCUT2D eigenvalue weighted by atomic mass is 10.2. The molecule has 4 rings (SSSR count). The smallest absolute Gasteiger partial charge is 0.338 e. The number of benzene rings is 2. The summed E-state index contributed by atoms with van der Waals surface area (Å²) in [6.45, 7) is 5.96. The van der Waals surface area contributed by atoms with Gasteiger partial charge in [-0.15, -0.1) is 0 Å². The van der Waals surface area contributed by atoms with Gasteiger partial charge in [0.05, 0.1) is 28.8 Å². The van der Waals surface area contributed by atoms with Crippen LogP contribution in [0.3, 0.4) is 0 Å². The fourth-order valence-electron chi connectivity index (χ4n) is 4.01. The molecule has 0 atom stereocenters. The van der Waals surface area contributed by atoms with E-state index in [2.05, 4.69) is 5.32 Å². The number of nitrogens with one attached hydrogen (secondary N) is 1. The normalized spacial score (nSPS) is 14.5. The van der Waals surface area contributed by atoms with Crippen molar-refractivity contribution in [3.8, 4) is 5.69 Å². The van der Waals surface area contributed by atoms with E-state index in [1.54, 1.807) is 49.4 Å². The number of nitrogens with zero attached hydrogens (tertiary/aromatic N) is 2. The summed E-state index contributed by atoms with van der Waals surface area (Å²) >= 11 is 12.0. The van der Waals surface area contributed by atoms with Gasteiger partial charge in [0.15, 0.2) is 0 Å². The minimum Gasteiger partial charge on any atom is -0.462 e. The second-order valence-corrected chi connectivity index (χ2v) is 8.88. The molecule has 1 fully saturated rings. The first-order valence-corrected chi connectivity index (χ1v) is 11.7. The lowest BCUT2D eigenvalue weighted by molar-refractivity contribution is -0.123. The maximum absolute atomic E-state index is 13.0. The van der Waals surface area contributed by atoms with Crippen LogP contribution in [-0.2, 0) is 16.1 Å². The maximum Gasteiger partial charge on any atom is 0.338 e. The van der Waals surface area contributed by atoms with Gasteiger partial charge >= 0.3 is 12.0 Å². The Kier molecular flexibility index (Phi) is 7.00. The molecule has 180 valence electrons. The highest BCUT2D eigenvalue weighted by molar-refractivity contribution is 6.42. The van der Waals surface area contributed by atoms with Crippen LogP contribution in [0.25, 0.3) is 11.8 Å². The summed E-state index contributed by atoms with van der Waals surface area (Å²) in [4.78, 5) is 38.8. The van der Waals surface area contributed by atoms with Gasteiger partial charge in [-0.1, -0.05) is 35.3 Å². The van der Waals surface area contributed by atoms with Crippen molar-refractivity contribution in [3.05, 3.63) is 92.4 Å². The zero-order valence-corrected chi connectivity index (χ0v) is 20.9. The molecule has 1 saturated heterocycles. The van der Waals surface area contributed by atoms with Crippen molar-refractivity contribution >= 4 is 47.2 Å². The lowest BCUT2D eigenvalue weighted by Gasteiger charge is -2.12. The Labute approximate surface area is 212 Å². The summed E-state index contributed by atoms with van der Waals surface area (Å²) in [5.74, 6) is -0.823. The van der Waals surface area contributed by atoms with Crippen LogP contribution in [0.1, 0.15) is 39.8 Å². The zero-order chi connectivity index (χ0) is 25.3. The third kappa shape index (κ3) is 4.97. The van der Waals surface area contributed by atoms with Gasteiger partial charge in [-0.05, 0) is 74.4 Å². The summed E-state index contributed by atoms with van der Waals surface area (Å²) in [7, 11) is 0. The van der Waals surface area contributed by atoms with Gasteiger partial charge in [-0.2, -0.15) is 0 Å². The Morgan fingerprint density at radius 3 is 2.54 bits per heavy atom. The van der Waals surface area contributed by atoms with Crippen LogP contribution in [0.15, 0.2) is 54.2 Å². The van der Waals surface area contributed by atoms with Gasteiger partial charge in [0.25, 0.3) is 5.91 Å². The van der Waals surface area contributed by atoms with Gasteiger partial charge in [-0.3, -0.25) is 9.69 Å². The molecule has 1 aromatic heterocycles. The first kappa shape index (κ1) is 24.6. The topological polar surface area (TPSA) is 80.6 Å². The second kappa shape index (κ2) is 9.98. The summed E-state index contributed by atoms with van der Waals surface area (Å²) in [6, 6.07) is 13.5. The first-order chi connectivity index (χ1) is 16.7. The molecule has 0 saturated carbocycles. The highest BCUT2D eigenvalue weighted by Crippen LogP contribution is 2.27. The molecular formula is C26H23Cl2N3O4. The molecule has 7 nitrogen and oxygen atoms in total. The van der Waals surface area contributed by atoms with Crippen molar-refractivity contribution in [2.24, 2.45) is 0 Å². The van der Waals surface area contributed by atoms with Gasteiger partial charge in [0, 0.05) is 17.1 Å². The summed E-state index contributed by atoms with van der Waals surface area (Å²) in [6.07, 6.45) is 1.66. The van der Waals surface area contributed by atoms with E-state index >= 15 is 0 Å². The SMILES string of the molecule is CCOC(=O)c1cccc(-n2c(C)cc(/C=C3\NC(=O)N(Cc4ccc(Cl)c(Cl)c4)C3=O)c2C)c1. The van der Waals surface area contributed by atoms with Crippen LogP contribution < -0.4 is 5.32 Å². The number of carbonyl (C=O) groups is 3. The third-order valence-electron chi connectivity index (χ3n) is 5.67. The largest absolute Gasteiger partial charge is 0.462 e. The number of carbonyl (C=O) groups excluding carboxylic acids is 3. The van der Waals surface area contributed by atoms with Crippen molar-refractivity contribution in [3.63, 3.8) is 0 Å². The van der Waals surface area contributed by atoms with E-state index in [0.717, 1.165) is 27.5 Å². The third-order valence-corrected chi connectivity index (χ3v) is 6.41. The van der Waals surface area contributed by atoms with Crippen LogP contribution in [0.2, 0.25) is 10.0 Å². The number of hydrogen-bond acceptors (Lipinski definition) is 4. The van der Waals surface area contributed by atoms with E-state index < -0.39 is 11.9 Å². The number of aryl methyl sites for hydroxylation is 1. The fourth-order valence-corrected chi connectivity index (χ4v) is 4.33. The predicted molar refractivity (Wildman–Crippen MR) is 135 cm³/mol. The first-order valence-electron chi connectivity index (χ1n) is 10.9. The molecule has 35 heavy (non-hydrogen) atoms. The number of amides is 3. The molecule has 1 N–H and O–H groups in total. The standard InChI is InChI=1S/C26H23Cl2N3O4/c1-4-35-25(33)18-6-5-7-20(12-18)31-15(2)10-19(16(31)3)13-23-24(32)30(26(34)29-23)14-17-8-9-21(27)22(28)11-17/h5-13H,4,14H2,1-3H3,(H,29,34)/b23-13-. The van der Waals surface area contributed by atoms with Gasteiger partial charge in [0.1, 0.15) is 5.70 Å². The Morgan fingerprint density at radius 1 is 1.06 bits per heavy atom.